The van der Waals surface area contributed by atoms with E-state index in [2.05, 4.69) is 4.90 Å². The average molecular weight is 312 g/mol. The quantitative estimate of drug-likeness (QED) is 0.518. The fraction of sp³-hybridized carbons (Fsp3) is 0.235. The smallest absolute Gasteiger partial charge is 0.346 e. The average Bonchev–Trinajstić information content (AvgIpc) is 2.53. The monoisotopic (exact) mass is 312 g/mol. The first-order valence-electron chi connectivity index (χ1n) is 7.18. The van der Waals surface area contributed by atoms with E-state index in [1.54, 1.807) is 12.1 Å². The summed E-state index contributed by atoms with van der Waals surface area (Å²) in [7, 11) is 0. The van der Waals surface area contributed by atoms with Gasteiger partial charge in [-0.25, -0.2) is 9.59 Å². The van der Waals surface area contributed by atoms with Crippen molar-refractivity contribution in [2.75, 3.05) is 18.0 Å². The highest BCUT2D eigenvalue weighted by Gasteiger charge is 2.11. The van der Waals surface area contributed by atoms with Gasteiger partial charge in [-0.15, -0.1) is 0 Å². The largest absolute Gasteiger partial charge is 0.477 e. The SMILES string of the molecule is CCN(CC)c1ccc2cc(/C=C(\C#N)C(=O)O)c(=O)oc2c1. The number of anilines is 1. The zero-order chi connectivity index (χ0) is 17.0. The van der Waals surface area contributed by atoms with Crippen LogP contribution in [-0.2, 0) is 4.79 Å². The van der Waals surface area contributed by atoms with E-state index < -0.39 is 17.2 Å². The number of aliphatic carboxylic acids is 1. The van der Waals surface area contributed by atoms with Crippen LogP contribution in [0.15, 0.2) is 39.1 Å². The first-order valence-corrected chi connectivity index (χ1v) is 7.18. The molecule has 6 nitrogen and oxygen atoms in total. The van der Waals surface area contributed by atoms with Crippen molar-refractivity contribution in [1.29, 1.82) is 5.26 Å². The third-order valence-electron chi connectivity index (χ3n) is 3.53. The van der Waals surface area contributed by atoms with E-state index in [4.69, 9.17) is 14.8 Å². The van der Waals surface area contributed by atoms with E-state index in [0.29, 0.717) is 11.0 Å². The molecule has 1 aromatic carbocycles. The summed E-state index contributed by atoms with van der Waals surface area (Å²) >= 11 is 0. The van der Waals surface area contributed by atoms with Crippen LogP contribution < -0.4 is 10.5 Å². The van der Waals surface area contributed by atoms with Crippen molar-refractivity contribution >= 4 is 28.7 Å². The number of fused-ring (bicyclic) bond motifs is 1. The molecule has 6 heteroatoms. The van der Waals surface area contributed by atoms with E-state index in [9.17, 15) is 9.59 Å². The van der Waals surface area contributed by atoms with Crippen molar-refractivity contribution < 1.29 is 14.3 Å². The molecule has 0 spiro atoms. The Hall–Kier alpha value is -3.07. The zero-order valence-electron chi connectivity index (χ0n) is 12.9. The second-order valence-electron chi connectivity index (χ2n) is 4.86. The molecule has 0 fully saturated rings. The first-order chi connectivity index (χ1) is 11.0. The van der Waals surface area contributed by atoms with E-state index in [-0.39, 0.29) is 5.56 Å². The van der Waals surface area contributed by atoms with Crippen molar-refractivity contribution in [3.63, 3.8) is 0 Å². The van der Waals surface area contributed by atoms with Crippen LogP contribution in [0.25, 0.3) is 17.0 Å². The van der Waals surface area contributed by atoms with Gasteiger partial charge in [0.05, 0.1) is 5.56 Å². The fourth-order valence-corrected chi connectivity index (χ4v) is 2.30. The molecule has 2 aromatic rings. The third-order valence-corrected chi connectivity index (χ3v) is 3.53. The van der Waals surface area contributed by atoms with E-state index in [1.807, 2.05) is 19.9 Å². The van der Waals surface area contributed by atoms with Gasteiger partial charge in [0, 0.05) is 30.2 Å². The van der Waals surface area contributed by atoms with Crippen molar-refractivity contribution in [3.8, 4) is 6.07 Å². The maximum Gasteiger partial charge on any atom is 0.346 e. The minimum atomic E-state index is -1.39. The maximum atomic E-state index is 12.0. The highest BCUT2D eigenvalue weighted by molar-refractivity contribution is 5.97. The van der Waals surface area contributed by atoms with E-state index >= 15 is 0 Å². The molecule has 23 heavy (non-hydrogen) atoms. The Bertz CT molecular complexity index is 870. The van der Waals surface area contributed by atoms with Gasteiger partial charge in [-0.2, -0.15) is 5.26 Å². The van der Waals surface area contributed by atoms with Crippen molar-refractivity contribution in [2.45, 2.75) is 13.8 Å². The third kappa shape index (κ3) is 3.40. The molecule has 0 amide bonds. The Balaban J connectivity index is 2.56. The number of carboxylic acid groups (broad SMARTS) is 1. The molecular formula is C17H16N2O4. The maximum absolute atomic E-state index is 12.0. The van der Waals surface area contributed by atoms with Gasteiger partial charge in [0.1, 0.15) is 17.2 Å². The summed E-state index contributed by atoms with van der Waals surface area (Å²) in [4.78, 5) is 25.0. The number of nitrogens with zero attached hydrogens (tertiary/aromatic N) is 2. The molecule has 0 aliphatic carbocycles. The number of hydrogen-bond acceptors (Lipinski definition) is 5. The summed E-state index contributed by atoms with van der Waals surface area (Å²) in [6.45, 7) is 5.73. The number of rotatable bonds is 5. The predicted molar refractivity (Wildman–Crippen MR) is 87.3 cm³/mol. The van der Waals surface area contributed by atoms with Crippen LogP contribution in [0.1, 0.15) is 19.4 Å². The molecule has 2 rings (SSSR count). The van der Waals surface area contributed by atoms with Gasteiger partial charge in [0.15, 0.2) is 0 Å². The highest BCUT2D eigenvalue weighted by atomic mass is 16.4. The van der Waals surface area contributed by atoms with Crippen LogP contribution in [0.3, 0.4) is 0 Å². The summed E-state index contributed by atoms with van der Waals surface area (Å²) in [6, 6.07) is 8.55. The van der Waals surface area contributed by atoms with Crippen molar-refractivity contribution in [1.82, 2.24) is 0 Å². The summed E-state index contributed by atoms with van der Waals surface area (Å²) in [6.07, 6.45) is 1.02. The number of nitriles is 1. The number of carboxylic acids is 1. The van der Waals surface area contributed by atoms with Gasteiger partial charge in [0.2, 0.25) is 0 Å². The molecule has 1 heterocycles. The van der Waals surface area contributed by atoms with Crippen molar-refractivity contribution in [3.05, 3.63) is 45.8 Å². The van der Waals surface area contributed by atoms with Crippen LogP contribution in [0.4, 0.5) is 5.69 Å². The van der Waals surface area contributed by atoms with Gasteiger partial charge in [-0.05, 0) is 38.1 Å². The number of hydrogen-bond donors (Lipinski definition) is 1. The summed E-state index contributed by atoms with van der Waals surface area (Å²) in [5.74, 6) is -1.39. The Labute approximate surface area is 132 Å². The standard InChI is InChI=1S/C17H16N2O4/c1-3-19(4-2)14-6-5-11-7-12(8-13(10-18)16(20)21)17(22)23-15(11)9-14/h5-9H,3-4H2,1-2H3,(H,20,21)/b13-8+. The lowest BCUT2D eigenvalue weighted by Crippen LogP contribution is -2.21. The van der Waals surface area contributed by atoms with Crippen LogP contribution >= 0.6 is 0 Å². The Kier molecular flexibility index (Phi) is 4.82. The van der Waals surface area contributed by atoms with Crippen LogP contribution in [-0.4, -0.2) is 24.2 Å². The normalized spacial score (nSPS) is 11.3. The number of carbonyl (C=O) groups is 1. The lowest BCUT2D eigenvalue weighted by molar-refractivity contribution is -0.132. The molecule has 0 aliphatic rings. The molecule has 1 aromatic heterocycles. The predicted octanol–water partition coefficient (Wildman–Crippen LogP) is 2.63. The molecule has 1 N–H and O–H groups in total. The van der Waals surface area contributed by atoms with Gasteiger partial charge in [-0.1, -0.05) is 0 Å². The second-order valence-corrected chi connectivity index (χ2v) is 4.86. The zero-order valence-corrected chi connectivity index (χ0v) is 12.9. The minimum Gasteiger partial charge on any atom is -0.477 e. The molecule has 0 aliphatic heterocycles. The summed E-state index contributed by atoms with van der Waals surface area (Å²) < 4.78 is 5.27. The number of benzene rings is 1. The van der Waals surface area contributed by atoms with Crippen LogP contribution in [0.2, 0.25) is 0 Å². The lowest BCUT2D eigenvalue weighted by atomic mass is 10.1. The Morgan fingerprint density at radius 1 is 1.35 bits per heavy atom. The second kappa shape index (κ2) is 6.79. The Morgan fingerprint density at radius 3 is 2.61 bits per heavy atom. The molecule has 0 bridgehead atoms. The van der Waals surface area contributed by atoms with E-state index in [1.165, 1.54) is 12.1 Å². The lowest BCUT2D eigenvalue weighted by Gasteiger charge is -2.20. The molecule has 0 radical (unpaired) electrons. The highest BCUT2D eigenvalue weighted by Crippen LogP contribution is 2.22. The van der Waals surface area contributed by atoms with Crippen LogP contribution in [0.5, 0.6) is 0 Å². The molecule has 0 unspecified atom stereocenters. The topological polar surface area (TPSA) is 94.5 Å². The summed E-state index contributed by atoms with van der Waals surface area (Å²) in [5.41, 5.74) is 0.203. The van der Waals surface area contributed by atoms with Gasteiger partial charge < -0.3 is 14.4 Å². The van der Waals surface area contributed by atoms with Gasteiger partial charge in [-0.3, -0.25) is 0 Å². The molecular weight excluding hydrogens is 296 g/mol. The van der Waals surface area contributed by atoms with Gasteiger partial charge >= 0.3 is 11.6 Å². The first kappa shape index (κ1) is 16.3. The van der Waals surface area contributed by atoms with Gasteiger partial charge in [0.25, 0.3) is 0 Å². The van der Waals surface area contributed by atoms with E-state index in [0.717, 1.165) is 24.9 Å². The summed E-state index contributed by atoms with van der Waals surface area (Å²) in [5, 5.41) is 18.3. The Morgan fingerprint density at radius 2 is 2.04 bits per heavy atom. The minimum absolute atomic E-state index is 0.0343. The fourth-order valence-electron chi connectivity index (χ4n) is 2.30. The van der Waals surface area contributed by atoms with Crippen molar-refractivity contribution in [2.24, 2.45) is 0 Å². The molecule has 118 valence electrons. The molecule has 0 saturated heterocycles. The molecule has 0 saturated carbocycles. The van der Waals surface area contributed by atoms with Crippen LogP contribution in [0, 0.1) is 11.3 Å². The molecule has 0 atom stereocenters.